The number of carbonyl (C=O) groups is 2. The molecule has 0 aliphatic carbocycles. The van der Waals surface area contributed by atoms with Crippen molar-refractivity contribution in [2.24, 2.45) is 0 Å². The lowest BCUT2D eigenvalue weighted by molar-refractivity contribution is -0.136. The number of rotatable bonds is 10. The minimum Gasteiger partial charge on any atom is -0.457 e. The molecule has 6 heteroatoms. The van der Waals surface area contributed by atoms with Crippen LogP contribution in [-0.4, -0.2) is 34.4 Å². The van der Waals surface area contributed by atoms with Gasteiger partial charge in [0.15, 0.2) is 0 Å². The number of hydrogen-bond acceptors (Lipinski definition) is 6. The third kappa shape index (κ3) is 6.38. The summed E-state index contributed by atoms with van der Waals surface area (Å²) in [7, 11) is 0. The van der Waals surface area contributed by atoms with E-state index in [1.54, 1.807) is 38.1 Å². The number of carbonyl (C=O) groups excluding carboxylic acids is 2. The molecule has 0 bridgehead atoms. The van der Waals surface area contributed by atoms with Crippen molar-refractivity contribution in [2.75, 3.05) is 0 Å². The highest BCUT2D eigenvalue weighted by atomic mass is 16.6. The summed E-state index contributed by atoms with van der Waals surface area (Å²) in [6.07, 6.45) is 2.50. The fourth-order valence-electron chi connectivity index (χ4n) is 2.93. The minimum atomic E-state index is -1.54. The zero-order chi connectivity index (χ0) is 23.0. The maximum absolute atomic E-state index is 11.6. The van der Waals surface area contributed by atoms with Crippen LogP contribution >= 0.6 is 0 Å². The van der Waals surface area contributed by atoms with Gasteiger partial charge in [-0.3, -0.25) is 9.59 Å². The molecule has 2 atom stereocenters. The summed E-state index contributed by atoms with van der Waals surface area (Å²) in [6.45, 7) is 7.47. The first-order valence-electron chi connectivity index (χ1n) is 9.92. The Morgan fingerprint density at radius 3 is 1.35 bits per heavy atom. The van der Waals surface area contributed by atoms with Crippen LogP contribution in [0.3, 0.4) is 0 Å². The van der Waals surface area contributed by atoms with Crippen LogP contribution < -0.4 is 9.47 Å². The predicted molar refractivity (Wildman–Crippen MR) is 118 cm³/mol. The Kier molecular flexibility index (Phi) is 8.30. The molecule has 0 fully saturated rings. The molecule has 2 aromatic rings. The molecule has 2 N–H and O–H groups in total. The lowest BCUT2D eigenvalue weighted by Crippen LogP contribution is -2.25. The Morgan fingerprint density at radius 2 is 1.06 bits per heavy atom. The molecule has 164 valence electrons. The number of aliphatic hydroxyl groups excluding tert-OH is 2. The molecule has 0 saturated carbocycles. The zero-order valence-electron chi connectivity index (χ0n) is 18.1. The molecule has 0 heterocycles. The maximum atomic E-state index is 11.6. The summed E-state index contributed by atoms with van der Waals surface area (Å²) >= 11 is 0. The van der Waals surface area contributed by atoms with Gasteiger partial charge < -0.3 is 19.7 Å². The van der Waals surface area contributed by atoms with Crippen molar-refractivity contribution in [3.05, 3.63) is 84.0 Å². The Bertz CT molecular complexity index is 861. The molecule has 2 unspecified atom stereocenters. The molecule has 0 aliphatic heterocycles. The standard InChI is InChI=1S/C25H28O6/c1-5-7-21(26)23(28)30-19-13-9-17(10-14-19)25(3,4)18-11-15-20(16-12-18)31-24(29)22(27)8-6-2/h5-16,23-24,28-29H,1-4H3. The molecule has 0 amide bonds. The molecule has 0 aliphatic rings. The number of hydrogen-bond donors (Lipinski definition) is 2. The highest BCUT2D eigenvalue weighted by Gasteiger charge is 2.24. The van der Waals surface area contributed by atoms with Gasteiger partial charge in [-0.05, 0) is 61.4 Å². The van der Waals surface area contributed by atoms with Gasteiger partial charge in [0.25, 0.3) is 12.6 Å². The lowest BCUT2D eigenvalue weighted by Gasteiger charge is -2.26. The third-order valence-electron chi connectivity index (χ3n) is 4.80. The van der Waals surface area contributed by atoms with E-state index >= 15 is 0 Å². The topological polar surface area (TPSA) is 93.1 Å². The van der Waals surface area contributed by atoms with Gasteiger partial charge in [-0.2, -0.15) is 0 Å². The Hall–Kier alpha value is -3.22. The smallest absolute Gasteiger partial charge is 0.261 e. The predicted octanol–water partition coefficient (Wildman–Crippen LogP) is 3.70. The summed E-state index contributed by atoms with van der Waals surface area (Å²) < 4.78 is 10.5. The normalized spacial score (nSPS) is 13.9. The fraction of sp³-hybridized carbons (Fsp3) is 0.280. The fourth-order valence-corrected chi connectivity index (χ4v) is 2.93. The number of ether oxygens (including phenoxy) is 2. The molecule has 0 saturated heterocycles. The van der Waals surface area contributed by atoms with E-state index in [4.69, 9.17) is 9.47 Å². The van der Waals surface area contributed by atoms with Gasteiger partial charge in [-0.15, -0.1) is 0 Å². The van der Waals surface area contributed by atoms with Crippen molar-refractivity contribution in [1.82, 2.24) is 0 Å². The second kappa shape index (κ2) is 10.7. The van der Waals surface area contributed by atoms with E-state index in [2.05, 4.69) is 0 Å². The highest BCUT2D eigenvalue weighted by molar-refractivity contribution is 5.92. The van der Waals surface area contributed by atoms with E-state index in [1.165, 1.54) is 24.3 Å². The van der Waals surface area contributed by atoms with Crippen molar-refractivity contribution in [3.8, 4) is 11.5 Å². The summed E-state index contributed by atoms with van der Waals surface area (Å²) in [4.78, 5) is 23.2. The zero-order valence-corrected chi connectivity index (χ0v) is 18.1. The SMILES string of the molecule is CC=CC(=O)C(O)Oc1ccc(C(C)(C)c2ccc(OC(O)C(=O)C=CC)cc2)cc1. The van der Waals surface area contributed by atoms with Crippen molar-refractivity contribution >= 4 is 11.6 Å². The third-order valence-corrected chi connectivity index (χ3v) is 4.80. The van der Waals surface area contributed by atoms with Gasteiger partial charge in [-0.1, -0.05) is 50.3 Å². The van der Waals surface area contributed by atoms with Gasteiger partial charge in [-0.25, -0.2) is 0 Å². The first-order valence-corrected chi connectivity index (χ1v) is 9.92. The largest absolute Gasteiger partial charge is 0.457 e. The molecular formula is C25H28O6. The quantitative estimate of drug-likeness (QED) is 0.446. The van der Waals surface area contributed by atoms with Gasteiger partial charge in [0.2, 0.25) is 11.6 Å². The van der Waals surface area contributed by atoms with E-state index in [0.29, 0.717) is 11.5 Å². The Labute approximate surface area is 182 Å². The molecule has 2 rings (SSSR count). The van der Waals surface area contributed by atoms with Gasteiger partial charge in [0.05, 0.1) is 0 Å². The average molecular weight is 424 g/mol. The van der Waals surface area contributed by atoms with Gasteiger partial charge >= 0.3 is 0 Å². The van der Waals surface area contributed by atoms with Crippen LogP contribution in [0.5, 0.6) is 11.5 Å². The van der Waals surface area contributed by atoms with Gasteiger partial charge in [0, 0.05) is 5.41 Å². The Balaban J connectivity index is 2.10. The molecule has 2 aromatic carbocycles. The minimum absolute atomic E-state index is 0.365. The number of ketones is 2. The van der Waals surface area contributed by atoms with Gasteiger partial charge in [0.1, 0.15) is 11.5 Å². The van der Waals surface area contributed by atoms with Crippen molar-refractivity contribution in [1.29, 1.82) is 0 Å². The summed E-state index contributed by atoms with van der Waals surface area (Å²) in [5, 5.41) is 19.6. The van der Waals surface area contributed by atoms with Crippen molar-refractivity contribution in [2.45, 2.75) is 45.7 Å². The number of allylic oxidation sites excluding steroid dienone is 2. The van der Waals surface area contributed by atoms with Crippen LogP contribution in [0.1, 0.15) is 38.8 Å². The van der Waals surface area contributed by atoms with Crippen LogP contribution in [0.25, 0.3) is 0 Å². The van der Waals surface area contributed by atoms with Crippen LogP contribution in [0.15, 0.2) is 72.8 Å². The van der Waals surface area contributed by atoms with Crippen LogP contribution in [-0.2, 0) is 15.0 Å². The summed E-state index contributed by atoms with van der Waals surface area (Å²) in [5.74, 6) is -0.277. The molecule has 0 aromatic heterocycles. The molecule has 6 nitrogen and oxygen atoms in total. The van der Waals surface area contributed by atoms with Crippen molar-refractivity contribution in [3.63, 3.8) is 0 Å². The maximum Gasteiger partial charge on any atom is 0.261 e. The molecule has 0 spiro atoms. The van der Waals surface area contributed by atoms with Crippen molar-refractivity contribution < 1.29 is 29.3 Å². The van der Waals surface area contributed by atoms with E-state index < -0.39 is 24.1 Å². The van der Waals surface area contributed by atoms with Crippen LogP contribution in [0, 0.1) is 0 Å². The summed E-state index contributed by atoms with van der Waals surface area (Å²) in [5.41, 5.74) is 1.62. The number of benzene rings is 2. The monoisotopic (exact) mass is 424 g/mol. The second-order valence-corrected chi connectivity index (χ2v) is 7.42. The molecular weight excluding hydrogens is 396 g/mol. The first kappa shape index (κ1) is 24.1. The van der Waals surface area contributed by atoms with Crippen LogP contribution in [0.4, 0.5) is 0 Å². The van der Waals surface area contributed by atoms with Crippen LogP contribution in [0.2, 0.25) is 0 Å². The molecule has 31 heavy (non-hydrogen) atoms. The highest BCUT2D eigenvalue weighted by Crippen LogP contribution is 2.33. The lowest BCUT2D eigenvalue weighted by atomic mass is 9.78. The Morgan fingerprint density at radius 1 is 0.742 bits per heavy atom. The summed E-state index contributed by atoms with van der Waals surface area (Å²) in [6, 6.07) is 14.3. The first-order chi connectivity index (χ1) is 14.7. The number of aliphatic hydroxyl groups is 2. The average Bonchev–Trinajstić information content (AvgIpc) is 2.74. The molecule has 0 radical (unpaired) electrons. The van der Waals surface area contributed by atoms with E-state index in [0.717, 1.165) is 11.1 Å². The second-order valence-electron chi connectivity index (χ2n) is 7.42. The van der Waals surface area contributed by atoms with E-state index in [9.17, 15) is 19.8 Å². The van der Waals surface area contributed by atoms with E-state index in [-0.39, 0.29) is 5.41 Å². The van der Waals surface area contributed by atoms with E-state index in [1.807, 2.05) is 38.1 Å².